The Morgan fingerprint density at radius 3 is 2.23 bits per heavy atom. The van der Waals surface area contributed by atoms with Crippen LogP contribution in [0.4, 0.5) is 4.79 Å². The lowest BCUT2D eigenvalue weighted by Crippen LogP contribution is -2.39. The van der Waals surface area contributed by atoms with Crippen molar-refractivity contribution >= 4 is 21.8 Å². The van der Waals surface area contributed by atoms with Gasteiger partial charge in [-0.25, -0.2) is 13.2 Å². The van der Waals surface area contributed by atoms with Crippen molar-refractivity contribution in [3.63, 3.8) is 0 Å². The van der Waals surface area contributed by atoms with Gasteiger partial charge in [0.15, 0.2) is 9.84 Å². The first-order valence-corrected chi connectivity index (χ1v) is 5.19. The van der Waals surface area contributed by atoms with Crippen molar-refractivity contribution in [2.24, 2.45) is 11.5 Å². The summed E-state index contributed by atoms with van der Waals surface area (Å²) in [5.41, 5.74) is 9.58. The Hall–Kier alpha value is -1.15. The van der Waals surface area contributed by atoms with Crippen molar-refractivity contribution in [1.29, 1.82) is 0 Å². The Kier molecular flexibility index (Phi) is 4.35. The summed E-state index contributed by atoms with van der Waals surface area (Å²) >= 11 is 0. The second-order valence-electron chi connectivity index (χ2n) is 2.29. The average molecular weight is 209 g/mol. The van der Waals surface area contributed by atoms with E-state index >= 15 is 0 Å². The number of primary amides is 1. The van der Waals surface area contributed by atoms with E-state index in [1.165, 1.54) is 0 Å². The van der Waals surface area contributed by atoms with E-state index in [-0.39, 0.29) is 12.3 Å². The summed E-state index contributed by atoms with van der Waals surface area (Å²) in [4.78, 5) is 20.8. The van der Waals surface area contributed by atoms with Crippen LogP contribution in [0.15, 0.2) is 0 Å². The molecule has 0 aliphatic carbocycles. The van der Waals surface area contributed by atoms with E-state index in [9.17, 15) is 18.0 Å². The maximum Gasteiger partial charge on any atom is 0.318 e. The molecule has 0 bridgehead atoms. The maximum absolute atomic E-state index is 10.9. The zero-order valence-electron chi connectivity index (χ0n) is 6.82. The number of carbonyl (C=O) groups is 2. The highest BCUT2D eigenvalue weighted by molar-refractivity contribution is 7.92. The van der Waals surface area contributed by atoms with E-state index in [1.54, 1.807) is 5.32 Å². The zero-order chi connectivity index (χ0) is 10.5. The van der Waals surface area contributed by atoms with Gasteiger partial charge in [-0.3, -0.25) is 10.1 Å². The van der Waals surface area contributed by atoms with Gasteiger partial charge in [-0.1, -0.05) is 0 Å². The topological polar surface area (TPSA) is 132 Å². The summed E-state index contributed by atoms with van der Waals surface area (Å²) in [7, 11) is -3.52. The van der Waals surface area contributed by atoms with Gasteiger partial charge in [-0.2, -0.15) is 0 Å². The number of rotatable bonds is 4. The highest BCUT2D eigenvalue weighted by Crippen LogP contribution is 1.87. The summed E-state index contributed by atoms with van der Waals surface area (Å²) in [6, 6.07) is -1.08. The van der Waals surface area contributed by atoms with E-state index in [0.29, 0.717) is 0 Å². The third-order valence-corrected chi connectivity index (χ3v) is 2.60. The van der Waals surface area contributed by atoms with Crippen LogP contribution in [-0.4, -0.2) is 38.4 Å². The second-order valence-corrected chi connectivity index (χ2v) is 4.48. The molecule has 3 amide bonds. The predicted molar refractivity (Wildman–Crippen MR) is 45.4 cm³/mol. The molecule has 0 heterocycles. The molecule has 0 radical (unpaired) electrons. The Balaban J connectivity index is 4.13. The first kappa shape index (κ1) is 11.8. The lowest BCUT2D eigenvalue weighted by atomic mass is 10.7. The predicted octanol–water partition coefficient (Wildman–Crippen LogP) is -2.45. The molecule has 0 saturated carbocycles. The Bertz CT molecular complexity index is 297. The standard InChI is InChI=1S/C5H11N3O4S/c6-1-2-13(11,12)3-4(9)8-5(7)10/h1-3,6H2,(H3,7,8,9,10). The van der Waals surface area contributed by atoms with Gasteiger partial charge in [0.2, 0.25) is 5.91 Å². The molecule has 0 atom stereocenters. The number of amides is 3. The van der Waals surface area contributed by atoms with Gasteiger partial charge in [0.25, 0.3) is 0 Å². The summed E-state index contributed by atoms with van der Waals surface area (Å²) in [6.07, 6.45) is 0. The van der Waals surface area contributed by atoms with Gasteiger partial charge >= 0.3 is 6.03 Å². The number of sulfone groups is 1. The zero-order valence-corrected chi connectivity index (χ0v) is 7.63. The van der Waals surface area contributed by atoms with Gasteiger partial charge in [-0.05, 0) is 0 Å². The minimum Gasteiger partial charge on any atom is -0.351 e. The van der Waals surface area contributed by atoms with Crippen molar-refractivity contribution in [3.05, 3.63) is 0 Å². The molecule has 0 aromatic rings. The Morgan fingerprint density at radius 1 is 1.31 bits per heavy atom. The smallest absolute Gasteiger partial charge is 0.318 e. The molecular weight excluding hydrogens is 198 g/mol. The molecule has 0 saturated heterocycles. The Morgan fingerprint density at radius 2 is 1.85 bits per heavy atom. The highest BCUT2D eigenvalue weighted by atomic mass is 32.2. The fourth-order valence-electron chi connectivity index (χ4n) is 0.625. The Labute approximate surface area is 75.4 Å². The molecule has 0 aliphatic heterocycles. The molecule has 0 aromatic heterocycles. The molecule has 5 N–H and O–H groups in total. The van der Waals surface area contributed by atoms with Gasteiger partial charge in [0.1, 0.15) is 5.75 Å². The van der Waals surface area contributed by atoms with Crippen LogP contribution < -0.4 is 16.8 Å². The summed E-state index contributed by atoms with van der Waals surface area (Å²) in [6.45, 7) is -0.0633. The molecule has 0 aromatic carbocycles. The number of carbonyl (C=O) groups excluding carboxylic acids is 2. The number of hydrogen-bond acceptors (Lipinski definition) is 5. The summed E-state index contributed by atoms with van der Waals surface area (Å²) < 4.78 is 21.9. The van der Waals surface area contributed by atoms with Crippen molar-refractivity contribution in [2.45, 2.75) is 0 Å². The van der Waals surface area contributed by atoms with Gasteiger partial charge in [0.05, 0.1) is 5.75 Å². The van der Waals surface area contributed by atoms with Crippen LogP contribution in [0.3, 0.4) is 0 Å². The minimum absolute atomic E-state index is 0.0633. The van der Waals surface area contributed by atoms with Crippen molar-refractivity contribution in [3.8, 4) is 0 Å². The molecule has 0 rings (SSSR count). The first-order valence-electron chi connectivity index (χ1n) is 3.37. The largest absolute Gasteiger partial charge is 0.351 e. The monoisotopic (exact) mass is 209 g/mol. The molecule has 13 heavy (non-hydrogen) atoms. The molecular formula is C5H11N3O4S. The average Bonchev–Trinajstić information content (AvgIpc) is 1.81. The maximum atomic E-state index is 10.9. The van der Waals surface area contributed by atoms with Crippen LogP contribution in [-0.2, 0) is 14.6 Å². The van der Waals surface area contributed by atoms with E-state index in [4.69, 9.17) is 5.73 Å². The third kappa shape index (κ3) is 6.05. The van der Waals surface area contributed by atoms with Crippen molar-refractivity contribution in [2.75, 3.05) is 18.1 Å². The molecule has 0 aliphatic rings. The number of hydrogen-bond donors (Lipinski definition) is 3. The molecule has 7 nitrogen and oxygen atoms in total. The normalized spacial score (nSPS) is 10.8. The number of imide groups is 1. The summed E-state index contributed by atoms with van der Waals surface area (Å²) in [5, 5.41) is 1.64. The summed E-state index contributed by atoms with van der Waals surface area (Å²) in [5.74, 6) is -2.01. The van der Waals surface area contributed by atoms with Crippen molar-refractivity contribution < 1.29 is 18.0 Å². The van der Waals surface area contributed by atoms with E-state index in [2.05, 4.69) is 5.73 Å². The quantitative estimate of drug-likeness (QED) is 0.473. The molecule has 0 fully saturated rings. The molecule has 8 heteroatoms. The van der Waals surface area contributed by atoms with Crippen molar-refractivity contribution in [1.82, 2.24) is 5.32 Å². The van der Waals surface area contributed by atoms with Crippen LogP contribution in [0.25, 0.3) is 0 Å². The lowest BCUT2D eigenvalue weighted by Gasteiger charge is -2.01. The fourth-order valence-corrected chi connectivity index (χ4v) is 1.60. The van der Waals surface area contributed by atoms with Crippen LogP contribution >= 0.6 is 0 Å². The fraction of sp³-hybridized carbons (Fsp3) is 0.600. The van der Waals surface area contributed by atoms with E-state index in [0.717, 1.165) is 0 Å². The van der Waals surface area contributed by atoms with Crippen LogP contribution in [0.1, 0.15) is 0 Å². The van der Waals surface area contributed by atoms with Crippen LogP contribution in [0, 0.1) is 0 Å². The number of urea groups is 1. The van der Waals surface area contributed by atoms with Crippen LogP contribution in [0.5, 0.6) is 0 Å². The number of nitrogens with two attached hydrogens (primary N) is 2. The highest BCUT2D eigenvalue weighted by Gasteiger charge is 2.16. The van der Waals surface area contributed by atoms with Gasteiger partial charge < -0.3 is 11.5 Å². The SMILES string of the molecule is NCCS(=O)(=O)CC(=O)NC(N)=O. The minimum atomic E-state index is -3.52. The second kappa shape index (κ2) is 4.77. The van der Waals surface area contributed by atoms with E-state index < -0.39 is 27.5 Å². The molecule has 0 unspecified atom stereocenters. The molecule has 76 valence electrons. The number of nitrogens with one attached hydrogen (secondary N) is 1. The van der Waals surface area contributed by atoms with Crippen LogP contribution in [0.2, 0.25) is 0 Å². The van der Waals surface area contributed by atoms with E-state index in [1.807, 2.05) is 0 Å². The van der Waals surface area contributed by atoms with Gasteiger partial charge in [0, 0.05) is 6.54 Å². The third-order valence-electron chi connectivity index (χ3n) is 1.04. The van der Waals surface area contributed by atoms with Gasteiger partial charge in [-0.15, -0.1) is 0 Å². The lowest BCUT2D eigenvalue weighted by molar-refractivity contribution is -0.117. The first-order chi connectivity index (χ1) is 5.87. The molecule has 0 spiro atoms.